The average molecular weight is 312 g/mol. The van der Waals surface area contributed by atoms with Crippen molar-refractivity contribution in [2.45, 2.75) is 19.4 Å². The molecule has 1 aliphatic heterocycles. The lowest BCUT2D eigenvalue weighted by Crippen LogP contribution is -2.63. The number of nitro benzene ring substituents is 1. The fourth-order valence-electron chi connectivity index (χ4n) is 2.19. The number of nitrogens with zero attached hydrogens (tertiary/aromatic N) is 2. The van der Waals surface area contributed by atoms with Crippen LogP contribution >= 0.6 is 11.6 Å². The van der Waals surface area contributed by atoms with Crippen LogP contribution in [0.5, 0.6) is 0 Å². The predicted octanol–water partition coefficient (Wildman–Crippen LogP) is 1.60. The molecule has 112 valence electrons. The second-order valence-corrected chi connectivity index (χ2v) is 5.60. The molecule has 0 aliphatic carbocycles. The van der Waals surface area contributed by atoms with E-state index in [1.54, 1.807) is 13.8 Å². The van der Waals surface area contributed by atoms with Crippen LogP contribution in [0.3, 0.4) is 0 Å². The average Bonchev–Trinajstić information content (AvgIpc) is 2.41. The van der Waals surface area contributed by atoms with Gasteiger partial charge in [0.05, 0.1) is 15.5 Å². The van der Waals surface area contributed by atoms with Gasteiger partial charge in [0.2, 0.25) is 5.91 Å². The molecule has 1 heterocycles. The summed E-state index contributed by atoms with van der Waals surface area (Å²) in [5, 5.41) is 13.4. The molecule has 1 fully saturated rings. The third-order valence-electron chi connectivity index (χ3n) is 3.49. The molecule has 0 atom stereocenters. The first-order chi connectivity index (χ1) is 9.75. The molecule has 7 nitrogen and oxygen atoms in total. The van der Waals surface area contributed by atoms with Gasteiger partial charge in [0.25, 0.3) is 11.6 Å². The number of nitro groups is 1. The molecule has 0 bridgehead atoms. The molecule has 0 radical (unpaired) electrons. The van der Waals surface area contributed by atoms with E-state index >= 15 is 0 Å². The van der Waals surface area contributed by atoms with E-state index in [1.807, 2.05) is 0 Å². The number of amides is 2. The normalized spacial score (nSPS) is 17.3. The summed E-state index contributed by atoms with van der Waals surface area (Å²) in [7, 11) is 0. The highest BCUT2D eigenvalue weighted by Gasteiger charge is 2.41. The van der Waals surface area contributed by atoms with Crippen molar-refractivity contribution in [2.75, 3.05) is 13.1 Å². The highest BCUT2D eigenvalue weighted by atomic mass is 35.5. The number of non-ortho nitro benzene ring substituents is 1. The first-order valence-corrected chi connectivity index (χ1v) is 6.67. The van der Waals surface area contributed by atoms with Gasteiger partial charge >= 0.3 is 0 Å². The molecule has 0 unspecified atom stereocenters. The second-order valence-electron chi connectivity index (χ2n) is 5.19. The second kappa shape index (κ2) is 5.33. The lowest BCUT2D eigenvalue weighted by Gasteiger charge is -2.41. The van der Waals surface area contributed by atoms with Crippen molar-refractivity contribution in [1.29, 1.82) is 0 Å². The number of nitrogens with one attached hydrogen (secondary N) is 1. The van der Waals surface area contributed by atoms with Crippen molar-refractivity contribution in [1.82, 2.24) is 10.2 Å². The first kappa shape index (κ1) is 15.2. The van der Waals surface area contributed by atoms with Crippen LogP contribution in [-0.2, 0) is 4.79 Å². The Balaban J connectivity index is 2.36. The molecule has 1 aromatic carbocycles. The van der Waals surface area contributed by atoms with Gasteiger partial charge in [-0.2, -0.15) is 0 Å². The van der Waals surface area contributed by atoms with E-state index in [1.165, 1.54) is 17.0 Å². The summed E-state index contributed by atoms with van der Waals surface area (Å²) in [6, 6.07) is 3.66. The highest BCUT2D eigenvalue weighted by molar-refractivity contribution is 6.34. The topological polar surface area (TPSA) is 92.6 Å². The maximum atomic E-state index is 12.6. The molecule has 1 saturated heterocycles. The van der Waals surface area contributed by atoms with Gasteiger partial charge in [-0.15, -0.1) is 0 Å². The summed E-state index contributed by atoms with van der Waals surface area (Å²) in [5.41, 5.74) is -1.04. The van der Waals surface area contributed by atoms with Crippen molar-refractivity contribution in [2.24, 2.45) is 0 Å². The third kappa shape index (κ3) is 2.69. The lowest BCUT2D eigenvalue weighted by molar-refractivity contribution is -0.384. The smallest absolute Gasteiger partial charge is 0.270 e. The van der Waals surface area contributed by atoms with Crippen LogP contribution in [0.15, 0.2) is 18.2 Å². The van der Waals surface area contributed by atoms with Crippen LogP contribution in [0.2, 0.25) is 5.02 Å². The molecule has 1 N–H and O–H groups in total. The number of benzene rings is 1. The van der Waals surface area contributed by atoms with Crippen molar-refractivity contribution in [3.8, 4) is 0 Å². The summed E-state index contributed by atoms with van der Waals surface area (Å²) < 4.78 is 0. The molecule has 8 heteroatoms. The first-order valence-electron chi connectivity index (χ1n) is 6.29. The van der Waals surface area contributed by atoms with E-state index in [0.29, 0.717) is 13.1 Å². The van der Waals surface area contributed by atoms with Gasteiger partial charge in [0, 0.05) is 25.2 Å². The molecule has 0 spiro atoms. The van der Waals surface area contributed by atoms with Crippen molar-refractivity contribution in [3.05, 3.63) is 38.9 Å². The Hall–Kier alpha value is -2.15. The van der Waals surface area contributed by atoms with Crippen LogP contribution in [0.25, 0.3) is 0 Å². The molecular weight excluding hydrogens is 298 g/mol. The van der Waals surface area contributed by atoms with Crippen LogP contribution in [0, 0.1) is 10.1 Å². The van der Waals surface area contributed by atoms with E-state index in [0.717, 1.165) is 6.07 Å². The Kier molecular flexibility index (Phi) is 3.87. The highest BCUT2D eigenvalue weighted by Crippen LogP contribution is 2.27. The van der Waals surface area contributed by atoms with Gasteiger partial charge in [0.1, 0.15) is 5.54 Å². The zero-order valence-electron chi connectivity index (χ0n) is 11.6. The van der Waals surface area contributed by atoms with E-state index < -0.39 is 16.4 Å². The molecule has 1 aliphatic rings. The van der Waals surface area contributed by atoms with Gasteiger partial charge < -0.3 is 10.2 Å². The van der Waals surface area contributed by atoms with E-state index in [4.69, 9.17) is 11.6 Å². The fraction of sp³-hybridized carbons (Fsp3) is 0.385. The van der Waals surface area contributed by atoms with Crippen molar-refractivity contribution < 1.29 is 14.5 Å². The lowest BCUT2D eigenvalue weighted by atomic mass is 9.97. The Labute approximate surface area is 126 Å². The zero-order chi connectivity index (χ0) is 15.8. The van der Waals surface area contributed by atoms with Crippen LogP contribution in [-0.4, -0.2) is 40.3 Å². The summed E-state index contributed by atoms with van der Waals surface area (Å²) in [4.78, 5) is 35.9. The zero-order valence-corrected chi connectivity index (χ0v) is 12.3. The summed E-state index contributed by atoms with van der Waals surface area (Å²) in [6.45, 7) is 3.99. The summed E-state index contributed by atoms with van der Waals surface area (Å²) in [6.07, 6.45) is 0. The number of piperazine rings is 1. The molecule has 1 aromatic rings. The number of hydrogen-bond donors (Lipinski definition) is 1. The third-order valence-corrected chi connectivity index (χ3v) is 3.80. The van der Waals surface area contributed by atoms with Crippen molar-refractivity contribution in [3.63, 3.8) is 0 Å². The Morgan fingerprint density at radius 3 is 2.71 bits per heavy atom. The number of halogens is 1. The molecule has 2 amide bonds. The largest absolute Gasteiger partial charge is 0.352 e. The Morgan fingerprint density at radius 1 is 1.48 bits per heavy atom. The van der Waals surface area contributed by atoms with E-state index in [-0.39, 0.29) is 22.2 Å². The SMILES string of the molecule is CC1(C)C(=O)NCCN1C(=O)c1ccc([N+](=O)[O-])cc1Cl. The summed E-state index contributed by atoms with van der Waals surface area (Å²) >= 11 is 5.96. The van der Waals surface area contributed by atoms with Crippen molar-refractivity contribution >= 4 is 29.1 Å². The number of carbonyl (C=O) groups is 2. The Morgan fingerprint density at radius 2 is 2.14 bits per heavy atom. The van der Waals surface area contributed by atoms with Gasteiger partial charge in [-0.05, 0) is 19.9 Å². The fourth-order valence-corrected chi connectivity index (χ4v) is 2.45. The molecular formula is C13H14ClN3O4. The standard InChI is InChI=1S/C13H14ClN3O4/c1-13(2)12(19)15-5-6-16(13)11(18)9-4-3-8(17(20)21)7-10(9)14/h3-4,7H,5-6H2,1-2H3,(H,15,19). The van der Waals surface area contributed by atoms with E-state index in [9.17, 15) is 19.7 Å². The molecule has 21 heavy (non-hydrogen) atoms. The molecule has 0 saturated carbocycles. The van der Waals surface area contributed by atoms with Gasteiger partial charge in [-0.3, -0.25) is 19.7 Å². The maximum Gasteiger partial charge on any atom is 0.270 e. The number of carbonyl (C=O) groups excluding carboxylic acids is 2. The quantitative estimate of drug-likeness (QED) is 0.663. The monoisotopic (exact) mass is 311 g/mol. The van der Waals surface area contributed by atoms with Crippen LogP contribution in [0.4, 0.5) is 5.69 Å². The number of rotatable bonds is 2. The van der Waals surface area contributed by atoms with Gasteiger partial charge in [-0.25, -0.2) is 0 Å². The van der Waals surface area contributed by atoms with Crippen LogP contribution in [0.1, 0.15) is 24.2 Å². The number of hydrogen-bond acceptors (Lipinski definition) is 4. The van der Waals surface area contributed by atoms with Gasteiger partial charge in [0.15, 0.2) is 0 Å². The molecule has 2 rings (SSSR count). The molecule has 0 aromatic heterocycles. The minimum Gasteiger partial charge on any atom is -0.352 e. The minimum absolute atomic E-state index is 0.00372. The summed E-state index contributed by atoms with van der Waals surface area (Å²) in [5.74, 6) is -0.671. The van der Waals surface area contributed by atoms with E-state index in [2.05, 4.69) is 5.32 Å². The maximum absolute atomic E-state index is 12.6. The minimum atomic E-state index is -1.000. The van der Waals surface area contributed by atoms with Gasteiger partial charge in [-0.1, -0.05) is 11.6 Å². The Bertz CT molecular complexity index is 630. The van der Waals surface area contributed by atoms with Crippen LogP contribution < -0.4 is 5.32 Å². The predicted molar refractivity (Wildman–Crippen MR) is 76.2 cm³/mol.